The first-order valence-corrected chi connectivity index (χ1v) is 13.2. The van der Waals surface area contributed by atoms with Crippen LogP contribution in [0.1, 0.15) is 16.7 Å². The number of carbonyl (C=O) groups excluding carboxylic acids is 2. The minimum absolute atomic E-state index is 0.113. The van der Waals surface area contributed by atoms with E-state index in [1.807, 2.05) is 78.9 Å². The Balaban J connectivity index is 1.46. The number of aromatic nitrogens is 2. The second-order valence-corrected chi connectivity index (χ2v) is 10.1. The molecule has 0 aliphatic rings. The Morgan fingerprint density at radius 1 is 0.944 bits per heavy atom. The predicted molar refractivity (Wildman–Crippen MR) is 141 cm³/mol. The quantitative estimate of drug-likeness (QED) is 0.324. The lowest BCUT2D eigenvalue weighted by atomic mass is 10.1. The summed E-state index contributed by atoms with van der Waals surface area (Å²) in [5, 5.41) is 7.18. The average molecular weight is 519 g/mol. The van der Waals surface area contributed by atoms with Crippen LogP contribution in [0.15, 0.2) is 100 Å². The summed E-state index contributed by atoms with van der Waals surface area (Å²) in [6.45, 7) is 0.113. The molecule has 0 radical (unpaired) electrons. The molecule has 4 rings (SSSR count). The van der Waals surface area contributed by atoms with E-state index in [1.54, 1.807) is 23.5 Å². The zero-order chi connectivity index (χ0) is 25.2. The number of alkyl carbamates (subject to hydrolysis) is 1. The standard InChI is InChI=1S/C27H26N4O3S2/c1-31-25(36-27(30-31)35-19-22-15-9-4-10-16-22)29-24(32)23(17-20-11-5-2-6-12-20)28-26(33)34-18-21-13-7-3-8-14-21/h2-16,23H,17-19H2,1H3,(H,28,33)/t23-/m0/s1. The van der Waals surface area contributed by atoms with Crippen molar-refractivity contribution in [3.05, 3.63) is 112 Å². The van der Waals surface area contributed by atoms with Crippen LogP contribution in [0.2, 0.25) is 0 Å². The van der Waals surface area contributed by atoms with Gasteiger partial charge in [-0.1, -0.05) is 114 Å². The SMILES string of the molecule is Cn1nc(SCc2ccccc2)sc1=NC(=O)[C@H](Cc1ccccc1)NC(=O)OCc1ccccc1. The van der Waals surface area contributed by atoms with Gasteiger partial charge in [0.25, 0.3) is 5.91 Å². The summed E-state index contributed by atoms with van der Waals surface area (Å²) in [6.07, 6.45) is -0.377. The summed E-state index contributed by atoms with van der Waals surface area (Å²) < 4.78 is 7.73. The third-order valence-corrected chi connectivity index (χ3v) is 7.39. The fourth-order valence-electron chi connectivity index (χ4n) is 3.33. The highest BCUT2D eigenvalue weighted by molar-refractivity contribution is 8.00. The Bertz CT molecular complexity index is 1340. The van der Waals surface area contributed by atoms with Gasteiger partial charge in [0.05, 0.1) is 0 Å². The predicted octanol–water partition coefficient (Wildman–Crippen LogP) is 4.74. The number of hydrogen-bond donors (Lipinski definition) is 1. The lowest BCUT2D eigenvalue weighted by Crippen LogP contribution is -2.42. The van der Waals surface area contributed by atoms with E-state index in [-0.39, 0.29) is 6.61 Å². The van der Waals surface area contributed by atoms with Crippen molar-refractivity contribution < 1.29 is 14.3 Å². The number of carbonyl (C=O) groups is 2. The van der Waals surface area contributed by atoms with Gasteiger partial charge in [-0.15, -0.1) is 0 Å². The third-order valence-electron chi connectivity index (χ3n) is 5.18. The monoisotopic (exact) mass is 518 g/mol. The molecule has 3 aromatic carbocycles. The molecular formula is C27H26N4O3S2. The maximum Gasteiger partial charge on any atom is 0.408 e. The van der Waals surface area contributed by atoms with Crippen LogP contribution in [0.5, 0.6) is 0 Å². The molecular weight excluding hydrogens is 492 g/mol. The van der Waals surface area contributed by atoms with E-state index >= 15 is 0 Å². The largest absolute Gasteiger partial charge is 0.445 e. The number of ether oxygens (including phenoxy) is 1. The van der Waals surface area contributed by atoms with Gasteiger partial charge in [-0.05, 0) is 16.7 Å². The van der Waals surface area contributed by atoms with Crippen molar-refractivity contribution in [1.29, 1.82) is 0 Å². The van der Waals surface area contributed by atoms with Crippen LogP contribution in [0.25, 0.3) is 0 Å². The van der Waals surface area contributed by atoms with Gasteiger partial charge < -0.3 is 10.1 Å². The molecule has 0 aliphatic heterocycles. The molecule has 7 nitrogen and oxygen atoms in total. The molecule has 1 aromatic heterocycles. The van der Waals surface area contributed by atoms with E-state index in [0.29, 0.717) is 11.2 Å². The molecule has 36 heavy (non-hydrogen) atoms. The first kappa shape index (κ1) is 25.4. The molecule has 184 valence electrons. The number of nitrogens with one attached hydrogen (secondary N) is 1. The van der Waals surface area contributed by atoms with Crippen LogP contribution >= 0.6 is 23.1 Å². The average Bonchev–Trinajstić information content (AvgIpc) is 3.26. The summed E-state index contributed by atoms with van der Waals surface area (Å²) in [7, 11) is 1.75. The number of aryl methyl sites for hydroxylation is 1. The van der Waals surface area contributed by atoms with E-state index in [2.05, 4.69) is 27.5 Å². The van der Waals surface area contributed by atoms with Crippen LogP contribution in [0, 0.1) is 0 Å². The van der Waals surface area contributed by atoms with Gasteiger partial charge in [-0.2, -0.15) is 10.1 Å². The first-order chi connectivity index (χ1) is 17.6. The molecule has 2 amide bonds. The fraction of sp³-hybridized carbons (Fsp3) is 0.185. The van der Waals surface area contributed by atoms with E-state index in [9.17, 15) is 9.59 Å². The molecule has 1 heterocycles. The van der Waals surface area contributed by atoms with Gasteiger partial charge in [-0.3, -0.25) is 4.79 Å². The van der Waals surface area contributed by atoms with Crippen molar-refractivity contribution in [3.8, 4) is 0 Å². The number of rotatable bonds is 9. The smallest absolute Gasteiger partial charge is 0.408 e. The van der Waals surface area contributed by atoms with Gasteiger partial charge in [0, 0.05) is 19.2 Å². The van der Waals surface area contributed by atoms with Crippen molar-refractivity contribution in [2.24, 2.45) is 12.0 Å². The summed E-state index contributed by atoms with van der Waals surface area (Å²) in [4.78, 5) is 30.5. The fourth-order valence-corrected chi connectivity index (χ4v) is 5.26. The molecule has 0 unspecified atom stereocenters. The van der Waals surface area contributed by atoms with Crippen LogP contribution in [0.4, 0.5) is 4.79 Å². The summed E-state index contributed by atoms with van der Waals surface area (Å²) >= 11 is 2.93. The van der Waals surface area contributed by atoms with Gasteiger partial charge in [0.1, 0.15) is 12.6 Å². The van der Waals surface area contributed by atoms with E-state index < -0.39 is 18.0 Å². The van der Waals surface area contributed by atoms with Crippen molar-refractivity contribution in [2.45, 2.75) is 29.2 Å². The zero-order valence-corrected chi connectivity index (χ0v) is 21.4. The summed E-state index contributed by atoms with van der Waals surface area (Å²) in [5.74, 6) is 0.307. The number of thioether (sulfide) groups is 1. The summed E-state index contributed by atoms with van der Waals surface area (Å²) in [6, 6.07) is 28.1. The third kappa shape index (κ3) is 7.66. The molecule has 0 bridgehead atoms. The van der Waals surface area contributed by atoms with Crippen LogP contribution in [-0.2, 0) is 35.4 Å². The highest BCUT2D eigenvalue weighted by Crippen LogP contribution is 2.22. The Morgan fingerprint density at radius 3 is 2.17 bits per heavy atom. The van der Waals surface area contributed by atoms with E-state index in [0.717, 1.165) is 21.2 Å². The molecule has 0 saturated carbocycles. The summed E-state index contributed by atoms with van der Waals surface area (Å²) in [5.41, 5.74) is 2.96. The van der Waals surface area contributed by atoms with Crippen LogP contribution in [0.3, 0.4) is 0 Å². The Hall–Kier alpha value is -3.69. The topological polar surface area (TPSA) is 85.6 Å². The van der Waals surface area contributed by atoms with Crippen molar-refractivity contribution in [1.82, 2.24) is 15.1 Å². The highest BCUT2D eigenvalue weighted by Gasteiger charge is 2.22. The molecule has 0 saturated heterocycles. The number of nitrogens with zero attached hydrogens (tertiary/aromatic N) is 3. The first-order valence-electron chi connectivity index (χ1n) is 11.4. The van der Waals surface area contributed by atoms with Crippen LogP contribution in [-0.4, -0.2) is 27.8 Å². The highest BCUT2D eigenvalue weighted by atomic mass is 32.2. The molecule has 0 fully saturated rings. The van der Waals surface area contributed by atoms with Gasteiger partial charge in [0.15, 0.2) is 4.34 Å². The van der Waals surface area contributed by atoms with Crippen molar-refractivity contribution in [2.75, 3.05) is 0 Å². The van der Waals surface area contributed by atoms with E-state index in [1.165, 1.54) is 16.9 Å². The van der Waals surface area contributed by atoms with E-state index in [4.69, 9.17) is 4.74 Å². The Kier molecular flexibility index (Phi) is 9.07. The lowest BCUT2D eigenvalue weighted by molar-refractivity contribution is -0.120. The minimum Gasteiger partial charge on any atom is -0.445 e. The molecule has 1 N–H and O–H groups in total. The van der Waals surface area contributed by atoms with Gasteiger partial charge in [-0.25, -0.2) is 9.48 Å². The maximum absolute atomic E-state index is 13.2. The normalized spacial score (nSPS) is 12.2. The molecule has 4 aromatic rings. The van der Waals surface area contributed by atoms with Gasteiger partial charge in [0.2, 0.25) is 4.80 Å². The Morgan fingerprint density at radius 2 is 1.53 bits per heavy atom. The lowest BCUT2D eigenvalue weighted by Gasteiger charge is -2.15. The maximum atomic E-state index is 13.2. The number of hydrogen-bond acceptors (Lipinski definition) is 6. The molecule has 0 spiro atoms. The second kappa shape index (κ2) is 12.9. The zero-order valence-electron chi connectivity index (χ0n) is 19.7. The molecule has 1 atom stereocenters. The van der Waals surface area contributed by atoms with Crippen molar-refractivity contribution >= 4 is 35.1 Å². The molecule has 9 heteroatoms. The number of benzene rings is 3. The Labute approximate surface area is 217 Å². The number of amides is 2. The second-order valence-electron chi connectivity index (χ2n) is 7.95. The minimum atomic E-state index is -0.877. The van der Waals surface area contributed by atoms with Crippen molar-refractivity contribution in [3.63, 3.8) is 0 Å². The van der Waals surface area contributed by atoms with Crippen LogP contribution < -0.4 is 10.1 Å². The van der Waals surface area contributed by atoms with Gasteiger partial charge >= 0.3 is 6.09 Å². The molecule has 0 aliphatic carbocycles.